The fourth-order valence-corrected chi connectivity index (χ4v) is 3.10. The Kier molecular flexibility index (Phi) is 7.18. The number of rotatable bonds is 6. The molecule has 134 valence electrons. The van der Waals surface area contributed by atoms with Crippen molar-refractivity contribution in [1.29, 1.82) is 0 Å². The zero-order valence-corrected chi connectivity index (χ0v) is 15.7. The molecule has 0 aromatic heterocycles. The van der Waals surface area contributed by atoms with Gasteiger partial charge in [-0.15, -0.1) is 0 Å². The molecule has 0 spiro atoms. The average Bonchev–Trinajstić information content (AvgIpc) is 2.61. The van der Waals surface area contributed by atoms with E-state index >= 15 is 0 Å². The van der Waals surface area contributed by atoms with Crippen molar-refractivity contribution in [1.82, 2.24) is 15.1 Å². The third kappa shape index (κ3) is 5.02. The molecule has 2 amide bonds. The lowest BCUT2D eigenvalue weighted by Gasteiger charge is -2.36. The quantitative estimate of drug-likeness (QED) is 0.855. The first-order valence-electron chi connectivity index (χ1n) is 8.75. The maximum absolute atomic E-state index is 12.3. The number of carbonyl (C=O) groups is 1. The summed E-state index contributed by atoms with van der Waals surface area (Å²) in [6, 6.07) is 8.44. The summed E-state index contributed by atoms with van der Waals surface area (Å²) in [5.74, 6) is 0. The van der Waals surface area contributed by atoms with Gasteiger partial charge in [0, 0.05) is 45.3 Å². The van der Waals surface area contributed by atoms with E-state index in [0.717, 1.165) is 49.9 Å². The number of piperazine rings is 1. The number of urea groups is 1. The number of nitrogens with one attached hydrogen (secondary N) is 1. The summed E-state index contributed by atoms with van der Waals surface area (Å²) in [5.41, 5.74) is 1.05. The fraction of sp³-hybridized carbons (Fsp3) is 0.611. The van der Waals surface area contributed by atoms with E-state index in [2.05, 4.69) is 36.0 Å². The monoisotopic (exact) mass is 352 g/mol. The second-order valence-corrected chi connectivity index (χ2v) is 6.80. The second kappa shape index (κ2) is 9.14. The summed E-state index contributed by atoms with van der Waals surface area (Å²) >= 11 is 6.25. The number of carbonyl (C=O) groups excluding carboxylic acids is 1. The van der Waals surface area contributed by atoms with E-state index < -0.39 is 0 Å². The maximum Gasteiger partial charge on any atom is 0.317 e. The largest absolute Gasteiger partial charge is 0.367 e. The van der Waals surface area contributed by atoms with Crippen LogP contribution in [0.25, 0.3) is 0 Å². The van der Waals surface area contributed by atoms with Crippen molar-refractivity contribution >= 4 is 23.3 Å². The number of anilines is 1. The van der Waals surface area contributed by atoms with E-state index in [9.17, 15) is 4.79 Å². The van der Waals surface area contributed by atoms with Gasteiger partial charge in [-0.1, -0.05) is 30.7 Å². The Hall–Kier alpha value is -1.46. The topological polar surface area (TPSA) is 38.8 Å². The molecule has 1 aromatic carbocycles. The van der Waals surface area contributed by atoms with Crippen LogP contribution in [0.2, 0.25) is 5.02 Å². The van der Waals surface area contributed by atoms with Gasteiger partial charge in [0.1, 0.15) is 0 Å². The molecule has 1 saturated heterocycles. The molecule has 24 heavy (non-hydrogen) atoms. The zero-order chi connectivity index (χ0) is 17.5. The number of hydrogen-bond donors (Lipinski definition) is 1. The van der Waals surface area contributed by atoms with E-state index in [1.54, 1.807) is 0 Å². The van der Waals surface area contributed by atoms with Crippen LogP contribution in [0.1, 0.15) is 20.3 Å². The van der Waals surface area contributed by atoms with Gasteiger partial charge in [0.05, 0.1) is 10.7 Å². The predicted molar refractivity (Wildman–Crippen MR) is 101 cm³/mol. The van der Waals surface area contributed by atoms with Gasteiger partial charge >= 0.3 is 6.03 Å². The molecule has 0 saturated carbocycles. The lowest BCUT2D eigenvalue weighted by Crippen LogP contribution is -2.52. The maximum atomic E-state index is 12.3. The zero-order valence-electron chi connectivity index (χ0n) is 15.0. The Morgan fingerprint density at radius 1 is 1.29 bits per heavy atom. The SMILES string of the molecule is CCC(C)N(C)CCNC(=O)N1CCN(c2ccccc2Cl)CC1. The van der Waals surface area contributed by atoms with Crippen molar-refractivity contribution in [3.63, 3.8) is 0 Å². The summed E-state index contributed by atoms with van der Waals surface area (Å²) in [5, 5.41) is 3.80. The summed E-state index contributed by atoms with van der Waals surface area (Å²) in [4.78, 5) is 18.7. The Balaban J connectivity index is 1.74. The Bertz CT molecular complexity index is 532. The van der Waals surface area contributed by atoms with Gasteiger partial charge in [-0.2, -0.15) is 0 Å². The summed E-state index contributed by atoms with van der Waals surface area (Å²) in [6.07, 6.45) is 1.12. The Morgan fingerprint density at radius 3 is 2.58 bits per heavy atom. The highest BCUT2D eigenvalue weighted by molar-refractivity contribution is 6.33. The molecule has 1 aromatic rings. The molecule has 1 unspecified atom stereocenters. The van der Waals surface area contributed by atoms with Crippen LogP contribution in [-0.4, -0.2) is 68.2 Å². The minimum atomic E-state index is 0.0337. The van der Waals surface area contributed by atoms with E-state index in [0.29, 0.717) is 12.6 Å². The van der Waals surface area contributed by atoms with Crippen LogP contribution in [0.3, 0.4) is 0 Å². The summed E-state index contributed by atoms with van der Waals surface area (Å²) in [7, 11) is 2.10. The molecule has 1 aliphatic heterocycles. The third-order valence-electron chi connectivity index (χ3n) is 4.84. The van der Waals surface area contributed by atoms with Crippen molar-refractivity contribution in [2.75, 3.05) is 51.2 Å². The first-order chi connectivity index (χ1) is 11.5. The summed E-state index contributed by atoms with van der Waals surface area (Å²) < 4.78 is 0. The second-order valence-electron chi connectivity index (χ2n) is 6.40. The van der Waals surface area contributed by atoms with Gasteiger partial charge in [-0.25, -0.2) is 4.79 Å². The lowest BCUT2D eigenvalue weighted by atomic mass is 10.2. The van der Waals surface area contributed by atoms with Crippen LogP contribution < -0.4 is 10.2 Å². The van der Waals surface area contributed by atoms with Crippen LogP contribution in [0.5, 0.6) is 0 Å². The Labute approximate surface area is 150 Å². The van der Waals surface area contributed by atoms with Crippen molar-refractivity contribution in [3.05, 3.63) is 29.3 Å². The van der Waals surface area contributed by atoms with E-state index in [1.165, 1.54) is 0 Å². The van der Waals surface area contributed by atoms with Crippen molar-refractivity contribution < 1.29 is 4.79 Å². The van der Waals surface area contributed by atoms with Gasteiger partial charge in [-0.05, 0) is 32.5 Å². The molecule has 1 atom stereocenters. The van der Waals surface area contributed by atoms with Crippen LogP contribution in [0.15, 0.2) is 24.3 Å². The average molecular weight is 353 g/mol. The number of nitrogens with zero attached hydrogens (tertiary/aromatic N) is 3. The number of halogens is 1. The highest BCUT2D eigenvalue weighted by Crippen LogP contribution is 2.25. The molecule has 5 nitrogen and oxygen atoms in total. The fourth-order valence-electron chi connectivity index (χ4n) is 2.84. The number of amides is 2. The van der Waals surface area contributed by atoms with Crippen molar-refractivity contribution in [3.8, 4) is 0 Å². The van der Waals surface area contributed by atoms with E-state index in [1.807, 2.05) is 29.2 Å². The molecule has 6 heteroatoms. The van der Waals surface area contributed by atoms with Crippen LogP contribution in [0.4, 0.5) is 10.5 Å². The van der Waals surface area contributed by atoms with Crippen LogP contribution >= 0.6 is 11.6 Å². The van der Waals surface area contributed by atoms with Crippen LogP contribution in [0, 0.1) is 0 Å². The standard InChI is InChI=1S/C18H29ClN4O/c1-4-15(2)21(3)10-9-20-18(24)23-13-11-22(12-14-23)17-8-6-5-7-16(17)19/h5-8,15H,4,9-14H2,1-3H3,(H,20,24). The molecule has 2 rings (SSSR count). The minimum absolute atomic E-state index is 0.0337. The third-order valence-corrected chi connectivity index (χ3v) is 5.16. The summed E-state index contributed by atoms with van der Waals surface area (Å²) in [6.45, 7) is 9.00. The molecule has 0 bridgehead atoms. The predicted octanol–water partition coefficient (Wildman–Crippen LogP) is 2.90. The molecule has 1 heterocycles. The Morgan fingerprint density at radius 2 is 1.96 bits per heavy atom. The van der Waals surface area contributed by atoms with Gasteiger partial charge in [0.15, 0.2) is 0 Å². The first kappa shape index (κ1) is 18.9. The normalized spacial score (nSPS) is 16.4. The molecular formula is C18H29ClN4O. The molecule has 0 radical (unpaired) electrons. The lowest BCUT2D eigenvalue weighted by molar-refractivity contribution is 0.190. The number of hydrogen-bond acceptors (Lipinski definition) is 3. The minimum Gasteiger partial charge on any atom is -0.367 e. The van der Waals surface area contributed by atoms with E-state index in [4.69, 9.17) is 11.6 Å². The molecule has 1 aliphatic rings. The van der Waals surface area contributed by atoms with Crippen LogP contribution in [-0.2, 0) is 0 Å². The molecule has 0 aliphatic carbocycles. The molecular weight excluding hydrogens is 324 g/mol. The van der Waals surface area contributed by atoms with Crippen molar-refractivity contribution in [2.24, 2.45) is 0 Å². The van der Waals surface area contributed by atoms with Crippen molar-refractivity contribution in [2.45, 2.75) is 26.3 Å². The van der Waals surface area contributed by atoms with Gasteiger partial charge in [0.25, 0.3) is 0 Å². The van der Waals surface area contributed by atoms with E-state index in [-0.39, 0.29) is 6.03 Å². The van der Waals surface area contributed by atoms with Gasteiger partial charge in [-0.3, -0.25) is 0 Å². The molecule has 1 fully saturated rings. The number of para-hydroxylation sites is 1. The highest BCUT2D eigenvalue weighted by atomic mass is 35.5. The number of benzene rings is 1. The number of likely N-dealkylation sites (N-methyl/N-ethyl adjacent to an activating group) is 1. The first-order valence-corrected chi connectivity index (χ1v) is 9.13. The highest BCUT2D eigenvalue weighted by Gasteiger charge is 2.22. The van der Waals surface area contributed by atoms with Gasteiger partial charge < -0.3 is 20.0 Å². The van der Waals surface area contributed by atoms with Gasteiger partial charge in [0.2, 0.25) is 0 Å². The molecule has 1 N–H and O–H groups in total. The smallest absolute Gasteiger partial charge is 0.317 e.